The van der Waals surface area contributed by atoms with E-state index in [1.165, 1.54) is 6.42 Å². The minimum atomic E-state index is -0.763. The van der Waals surface area contributed by atoms with Gasteiger partial charge in [-0.25, -0.2) is 0 Å². The molecule has 6 nitrogen and oxygen atoms in total. The molecular weight excluding hydrogens is 368 g/mol. The molecule has 0 radical (unpaired) electrons. The minimum absolute atomic E-state index is 0.161. The van der Waals surface area contributed by atoms with Crippen LogP contribution in [-0.2, 0) is 4.79 Å². The number of para-hydroxylation sites is 3. The monoisotopic (exact) mass is 396 g/mol. The molecule has 1 unspecified atom stereocenters. The maximum atomic E-state index is 12.7. The summed E-state index contributed by atoms with van der Waals surface area (Å²) in [6.07, 6.45) is 4.75. The van der Waals surface area contributed by atoms with Crippen molar-refractivity contribution in [2.75, 3.05) is 12.4 Å². The Kier molecular flexibility index (Phi) is 7.11. The predicted molar refractivity (Wildman–Crippen MR) is 112 cm³/mol. The number of ether oxygens (including phenoxy) is 2. The van der Waals surface area contributed by atoms with E-state index in [1.54, 1.807) is 50.4 Å². The van der Waals surface area contributed by atoms with E-state index < -0.39 is 6.10 Å². The first-order chi connectivity index (χ1) is 14.1. The zero-order chi connectivity index (χ0) is 20.6. The molecule has 1 aliphatic carbocycles. The van der Waals surface area contributed by atoms with Crippen molar-refractivity contribution in [3.05, 3.63) is 54.1 Å². The second kappa shape index (κ2) is 9.96. The number of hydrogen-bond donors (Lipinski definition) is 2. The fourth-order valence-corrected chi connectivity index (χ4v) is 3.49. The van der Waals surface area contributed by atoms with Gasteiger partial charge < -0.3 is 20.1 Å². The lowest BCUT2D eigenvalue weighted by Crippen LogP contribution is -2.37. The smallest absolute Gasteiger partial charge is 0.265 e. The first-order valence-electron chi connectivity index (χ1n) is 10.1. The number of carbonyl (C=O) groups is 2. The summed E-state index contributed by atoms with van der Waals surface area (Å²) in [6.45, 7) is 1.66. The SMILES string of the molecule is COc1ccccc1OC(C)C(=O)Nc1ccccc1C(=O)NC1CCCCC1. The third-order valence-electron chi connectivity index (χ3n) is 5.11. The van der Waals surface area contributed by atoms with Gasteiger partial charge in [0.05, 0.1) is 18.4 Å². The van der Waals surface area contributed by atoms with Crippen LogP contribution in [0.15, 0.2) is 48.5 Å². The van der Waals surface area contributed by atoms with Crippen molar-refractivity contribution < 1.29 is 19.1 Å². The topological polar surface area (TPSA) is 76.7 Å². The van der Waals surface area contributed by atoms with E-state index in [9.17, 15) is 9.59 Å². The Bertz CT molecular complexity index is 846. The molecule has 0 aliphatic heterocycles. The Balaban J connectivity index is 1.66. The van der Waals surface area contributed by atoms with E-state index in [-0.39, 0.29) is 17.9 Å². The molecule has 2 aromatic rings. The Morgan fingerprint density at radius 2 is 1.62 bits per heavy atom. The Hall–Kier alpha value is -3.02. The highest BCUT2D eigenvalue weighted by Gasteiger charge is 2.21. The molecule has 1 atom stereocenters. The molecule has 0 spiro atoms. The maximum absolute atomic E-state index is 12.7. The van der Waals surface area contributed by atoms with Crippen LogP contribution in [0.4, 0.5) is 5.69 Å². The highest BCUT2D eigenvalue weighted by atomic mass is 16.5. The minimum Gasteiger partial charge on any atom is -0.493 e. The summed E-state index contributed by atoms with van der Waals surface area (Å²) in [4.78, 5) is 25.4. The molecule has 2 amide bonds. The second-order valence-electron chi connectivity index (χ2n) is 7.25. The number of anilines is 1. The van der Waals surface area contributed by atoms with Crippen LogP contribution in [0.2, 0.25) is 0 Å². The van der Waals surface area contributed by atoms with E-state index in [0.29, 0.717) is 22.7 Å². The first kappa shape index (κ1) is 20.7. The molecule has 2 N–H and O–H groups in total. The lowest BCUT2D eigenvalue weighted by Gasteiger charge is -2.23. The lowest BCUT2D eigenvalue weighted by molar-refractivity contribution is -0.122. The van der Waals surface area contributed by atoms with Gasteiger partial charge in [0.15, 0.2) is 17.6 Å². The third-order valence-corrected chi connectivity index (χ3v) is 5.11. The molecule has 6 heteroatoms. The zero-order valence-corrected chi connectivity index (χ0v) is 16.9. The van der Waals surface area contributed by atoms with Gasteiger partial charge in [-0.3, -0.25) is 9.59 Å². The molecular formula is C23H28N2O4. The van der Waals surface area contributed by atoms with Crippen molar-refractivity contribution in [3.8, 4) is 11.5 Å². The molecule has 0 saturated heterocycles. The van der Waals surface area contributed by atoms with Crippen molar-refractivity contribution in [3.63, 3.8) is 0 Å². The molecule has 2 aromatic carbocycles. The number of amides is 2. The van der Waals surface area contributed by atoms with Crippen LogP contribution in [0.5, 0.6) is 11.5 Å². The predicted octanol–water partition coefficient (Wildman–Crippen LogP) is 4.16. The molecule has 0 heterocycles. The summed E-state index contributed by atoms with van der Waals surface area (Å²) in [5.41, 5.74) is 0.928. The van der Waals surface area contributed by atoms with Crippen molar-refractivity contribution in [2.45, 2.75) is 51.2 Å². The molecule has 0 aromatic heterocycles. The molecule has 0 bridgehead atoms. The largest absolute Gasteiger partial charge is 0.493 e. The van der Waals surface area contributed by atoms with Gasteiger partial charge in [-0.2, -0.15) is 0 Å². The van der Waals surface area contributed by atoms with Crippen LogP contribution in [0.3, 0.4) is 0 Å². The Morgan fingerprint density at radius 1 is 0.966 bits per heavy atom. The van der Waals surface area contributed by atoms with Gasteiger partial charge >= 0.3 is 0 Å². The molecule has 1 aliphatic rings. The van der Waals surface area contributed by atoms with E-state index in [0.717, 1.165) is 25.7 Å². The first-order valence-corrected chi connectivity index (χ1v) is 10.1. The highest BCUT2D eigenvalue weighted by Crippen LogP contribution is 2.27. The summed E-state index contributed by atoms with van der Waals surface area (Å²) in [6, 6.07) is 14.4. The maximum Gasteiger partial charge on any atom is 0.265 e. The molecule has 154 valence electrons. The molecule has 29 heavy (non-hydrogen) atoms. The summed E-state index contributed by atoms with van der Waals surface area (Å²) < 4.78 is 11.0. The molecule has 1 fully saturated rings. The number of hydrogen-bond acceptors (Lipinski definition) is 4. The van der Waals surface area contributed by atoms with Crippen molar-refractivity contribution in [1.29, 1.82) is 0 Å². The molecule has 1 saturated carbocycles. The molecule has 3 rings (SSSR count). The zero-order valence-electron chi connectivity index (χ0n) is 16.9. The van der Waals surface area contributed by atoms with Crippen molar-refractivity contribution >= 4 is 17.5 Å². The van der Waals surface area contributed by atoms with Gasteiger partial charge in [0.2, 0.25) is 0 Å². The summed E-state index contributed by atoms with van der Waals surface area (Å²) in [7, 11) is 1.55. The van der Waals surface area contributed by atoms with Gasteiger partial charge in [0.1, 0.15) is 0 Å². The normalized spacial score (nSPS) is 15.2. The van der Waals surface area contributed by atoms with Gasteiger partial charge in [0, 0.05) is 6.04 Å². The van der Waals surface area contributed by atoms with Crippen LogP contribution in [-0.4, -0.2) is 31.1 Å². The van der Waals surface area contributed by atoms with Gasteiger partial charge in [-0.1, -0.05) is 43.5 Å². The van der Waals surface area contributed by atoms with Crippen LogP contribution >= 0.6 is 0 Å². The number of carbonyl (C=O) groups excluding carboxylic acids is 2. The third kappa shape index (κ3) is 5.50. The van der Waals surface area contributed by atoms with Crippen LogP contribution in [0, 0.1) is 0 Å². The van der Waals surface area contributed by atoms with E-state index >= 15 is 0 Å². The summed E-state index contributed by atoms with van der Waals surface area (Å²) in [5, 5.41) is 5.92. The van der Waals surface area contributed by atoms with Crippen LogP contribution in [0.1, 0.15) is 49.4 Å². The quantitative estimate of drug-likeness (QED) is 0.737. The fraction of sp³-hybridized carbons (Fsp3) is 0.391. The average Bonchev–Trinajstić information content (AvgIpc) is 2.75. The van der Waals surface area contributed by atoms with Gasteiger partial charge in [-0.05, 0) is 44.0 Å². The number of methoxy groups -OCH3 is 1. The Labute approximate surface area is 171 Å². The van der Waals surface area contributed by atoms with Crippen molar-refractivity contribution in [2.24, 2.45) is 0 Å². The standard InChI is InChI=1S/C23H28N2O4/c1-16(29-21-15-9-8-14-20(21)28-2)22(26)25-19-13-7-6-12-18(19)23(27)24-17-10-4-3-5-11-17/h6-9,12-17H,3-5,10-11H2,1-2H3,(H,24,27)(H,25,26). The highest BCUT2D eigenvalue weighted by molar-refractivity contribution is 6.04. The fourth-order valence-electron chi connectivity index (χ4n) is 3.49. The summed E-state index contributed by atoms with van der Waals surface area (Å²) >= 11 is 0. The van der Waals surface area contributed by atoms with Crippen LogP contribution in [0.25, 0.3) is 0 Å². The van der Waals surface area contributed by atoms with Crippen molar-refractivity contribution in [1.82, 2.24) is 5.32 Å². The van der Waals surface area contributed by atoms with Gasteiger partial charge in [-0.15, -0.1) is 0 Å². The second-order valence-corrected chi connectivity index (χ2v) is 7.25. The number of nitrogens with one attached hydrogen (secondary N) is 2. The lowest BCUT2D eigenvalue weighted by atomic mass is 9.95. The number of rotatable bonds is 7. The Morgan fingerprint density at radius 3 is 2.34 bits per heavy atom. The van der Waals surface area contributed by atoms with E-state index in [1.807, 2.05) is 12.1 Å². The van der Waals surface area contributed by atoms with Crippen LogP contribution < -0.4 is 20.1 Å². The van der Waals surface area contributed by atoms with Gasteiger partial charge in [0.25, 0.3) is 11.8 Å². The summed E-state index contributed by atoms with van der Waals surface area (Å²) in [5.74, 6) is 0.542. The number of benzene rings is 2. The van der Waals surface area contributed by atoms with E-state index in [2.05, 4.69) is 10.6 Å². The van der Waals surface area contributed by atoms with E-state index in [4.69, 9.17) is 9.47 Å². The average molecular weight is 396 g/mol.